The fourth-order valence-electron chi connectivity index (χ4n) is 1.23. The Kier molecular flexibility index (Phi) is 4.18. The van der Waals surface area contributed by atoms with Gasteiger partial charge in [-0.2, -0.15) is 9.36 Å². The fraction of sp³-hybridized carbons (Fsp3) is 0.600. The lowest BCUT2D eigenvalue weighted by atomic mass is 10.5. The van der Waals surface area contributed by atoms with E-state index in [0.29, 0.717) is 11.7 Å². The SMILES string of the molecule is Cc1noc([C@H](C)SCc2nsc(N(C)C)n2)n1. The monoisotopic (exact) mass is 285 g/mol. The van der Waals surface area contributed by atoms with Crippen LogP contribution in [0.5, 0.6) is 0 Å². The van der Waals surface area contributed by atoms with Crippen LogP contribution in [0.3, 0.4) is 0 Å². The van der Waals surface area contributed by atoms with Crippen LogP contribution in [0.4, 0.5) is 5.13 Å². The zero-order chi connectivity index (χ0) is 13.1. The molecule has 0 bridgehead atoms. The summed E-state index contributed by atoms with van der Waals surface area (Å²) in [6, 6.07) is 0. The predicted molar refractivity (Wildman–Crippen MR) is 73.0 cm³/mol. The molecule has 0 aliphatic heterocycles. The highest BCUT2D eigenvalue weighted by Crippen LogP contribution is 2.29. The van der Waals surface area contributed by atoms with Crippen molar-refractivity contribution in [3.05, 3.63) is 17.5 Å². The average Bonchev–Trinajstić information content (AvgIpc) is 2.94. The summed E-state index contributed by atoms with van der Waals surface area (Å²) in [6.45, 7) is 3.85. The molecule has 2 heterocycles. The zero-order valence-corrected chi connectivity index (χ0v) is 12.4. The number of hydrogen-bond acceptors (Lipinski definition) is 8. The maximum atomic E-state index is 5.13. The second-order valence-corrected chi connectivity index (χ2v) is 6.08. The van der Waals surface area contributed by atoms with E-state index in [0.717, 1.165) is 16.7 Å². The molecule has 0 amide bonds. The first kappa shape index (κ1) is 13.3. The molecule has 2 rings (SSSR count). The Morgan fingerprint density at radius 2 is 2.17 bits per heavy atom. The van der Waals surface area contributed by atoms with Gasteiger partial charge in [0.25, 0.3) is 0 Å². The van der Waals surface area contributed by atoms with E-state index in [1.807, 2.05) is 32.8 Å². The maximum absolute atomic E-state index is 5.13. The van der Waals surface area contributed by atoms with E-state index in [1.165, 1.54) is 11.5 Å². The van der Waals surface area contributed by atoms with Gasteiger partial charge in [-0.05, 0) is 13.8 Å². The highest BCUT2D eigenvalue weighted by molar-refractivity contribution is 7.98. The van der Waals surface area contributed by atoms with Crippen LogP contribution in [-0.2, 0) is 5.75 Å². The molecule has 0 saturated heterocycles. The van der Waals surface area contributed by atoms with Crippen LogP contribution in [0.2, 0.25) is 0 Å². The highest BCUT2D eigenvalue weighted by Gasteiger charge is 2.15. The van der Waals surface area contributed by atoms with Gasteiger partial charge in [-0.1, -0.05) is 5.16 Å². The Hall–Kier alpha value is -1.15. The topological polar surface area (TPSA) is 67.9 Å². The van der Waals surface area contributed by atoms with Crippen LogP contribution >= 0.6 is 23.3 Å². The van der Waals surface area contributed by atoms with Crippen molar-refractivity contribution in [3.8, 4) is 0 Å². The largest absolute Gasteiger partial charge is 0.353 e. The number of aromatic nitrogens is 4. The Morgan fingerprint density at radius 1 is 1.39 bits per heavy atom. The molecule has 0 aromatic carbocycles. The number of anilines is 1. The van der Waals surface area contributed by atoms with Gasteiger partial charge in [0, 0.05) is 25.6 Å². The summed E-state index contributed by atoms with van der Waals surface area (Å²) in [5, 5.41) is 4.86. The van der Waals surface area contributed by atoms with Gasteiger partial charge in [0.05, 0.1) is 11.0 Å². The quantitative estimate of drug-likeness (QED) is 0.834. The number of hydrogen-bond donors (Lipinski definition) is 0. The second kappa shape index (κ2) is 5.66. The Morgan fingerprint density at radius 3 is 2.72 bits per heavy atom. The molecule has 0 spiro atoms. The summed E-state index contributed by atoms with van der Waals surface area (Å²) in [6.07, 6.45) is 0. The van der Waals surface area contributed by atoms with Crippen LogP contribution < -0.4 is 4.90 Å². The minimum absolute atomic E-state index is 0.150. The highest BCUT2D eigenvalue weighted by atomic mass is 32.2. The molecule has 0 radical (unpaired) electrons. The molecule has 0 unspecified atom stereocenters. The van der Waals surface area contributed by atoms with Crippen LogP contribution in [0.1, 0.15) is 29.7 Å². The number of rotatable bonds is 5. The summed E-state index contributed by atoms with van der Waals surface area (Å²) in [5.41, 5.74) is 0. The minimum Gasteiger partial charge on any atom is -0.353 e. The Labute approximate surface area is 114 Å². The first-order chi connectivity index (χ1) is 8.56. The Balaban J connectivity index is 1.90. The molecule has 0 N–H and O–H groups in total. The van der Waals surface area contributed by atoms with Crippen molar-refractivity contribution in [2.45, 2.75) is 24.9 Å². The van der Waals surface area contributed by atoms with E-state index >= 15 is 0 Å². The van der Waals surface area contributed by atoms with Crippen molar-refractivity contribution in [2.75, 3.05) is 19.0 Å². The molecule has 2 aromatic heterocycles. The summed E-state index contributed by atoms with van der Waals surface area (Å²) < 4.78 is 9.44. The van der Waals surface area contributed by atoms with Gasteiger partial charge < -0.3 is 9.42 Å². The van der Waals surface area contributed by atoms with Crippen molar-refractivity contribution < 1.29 is 4.52 Å². The number of nitrogens with zero attached hydrogens (tertiary/aromatic N) is 5. The van der Waals surface area contributed by atoms with Gasteiger partial charge in [-0.15, -0.1) is 11.8 Å². The van der Waals surface area contributed by atoms with Gasteiger partial charge in [0.1, 0.15) is 0 Å². The lowest BCUT2D eigenvalue weighted by Crippen LogP contribution is -2.07. The predicted octanol–water partition coefficient (Wildman–Crippen LogP) is 2.29. The zero-order valence-electron chi connectivity index (χ0n) is 10.7. The molecular formula is C10H15N5OS2. The van der Waals surface area contributed by atoms with Gasteiger partial charge in [0.2, 0.25) is 11.0 Å². The van der Waals surface area contributed by atoms with Gasteiger partial charge in [0.15, 0.2) is 11.6 Å². The van der Waals surface area contributed by atoms with Crippen molar-refractivity contribution >= 4 is 28.4 Å². The number of aryl methyl sites for hydroxylation is 1. The van der Waals surface area contributed by atoms with Crippen LogP contribution in [0, 0.1) is 6.92 Å². The molecule has 0 fully saturated rings. The molecule has 1 atom stereocenters. The van der Waals surface area contributed by atoms with Crippen LogP contribution in [0.15, 0.2) is 4.52 Å². The van der Waals surface area contributed by atoms with Gasteiger partial charge in [-0.25, -0.2) is 4.98 Å². The van der Waals surface area contributed by atoms with Crippen molar-refractivity contribution in [2.24, 2.45) is 0 Å². The van der Waals surface area contributed by atoms with E-state index in [9.17, 15) is 0 Å². The molecule has 0 saturated carbocycles. The van der Waals surface area contributed by atoms with Crippen molar-refractivity contribution in [1.82, 2.24) is 19.5 Å². The molecule has 8 heteroatoms. The van der Waals surface area contributed by atoms with Gasteiger partial charge in [-0.3, -0.25) is 0 Å². The van der Waals surface area contributed by atoms with Crippen LogP contribution in [-0.4, -0.2) is 33.6 Å². The minimum atomic E-state index is 0.150. The second-order valence-electron chi connectivity index (χ2n) is 4.02. The molecule has 98 valence electrons. The number of thioether (sulfide) groups is 1. The molecule has 18 heavy (non-hydrogen) atoms. The molecule has 0 aliphatic carbocycles. The summed E-state index contributed by atoms with van der Waals surface area (Å²) in [7, 11) is 3.92. The molecule has 0 aliphatic rings. The third-order valence-electron chi connectivity index (χ3n) is 2.19. The third kappa shape index (κ3) is 3.20. The molecular weight excluding hydrogens is 270 g/mol. The van der Waals surface area contributed by atoms with E-state index in [2.05, 4.69) is 19.5 Å². The van der Waals surface area contributed by atoms with E-state index < -0.39 is 0 Å². The molecule has 2 aromatic rings. The maximum Gasteiger partial charge on any atom is 0.239 e. The van der Waals surface area contributed by atoms with E-state index in [1.54, 1.807) is 11.8 Å². The van der Waals surface area contributed by atoms with Crippen LogP contribution in [0.25, 0.3) is 0 Å². The van der Waals surface area contributed by atoms with E-state index in [4.69, 9.17) is 4.52 Å². The lowest BCUT2D eigenvalue weighted by molar-refractivity contribution is 0.376. The first-order valence-electron chi connectivity index (χ1n) is 5.48. The van der Waals surface area contributed by atoms with Crippen molar-refractivity contribution in [3.63, 3.8) is 0 Å². The average molecular weight is 285 g/mol. The summed E-state index contributed by atoms with van der Waals surface area (Å²) in [4.78, 5) is 10.6. The molecule has 6 nitrogen and oxygen atoms in total. The van der Waals surface area contributed by atoms with Crippen molar-refractivity contribution in [1.29, 1.82) is 0 Å². The fourth-order valence-corrected chi connectivity index (χ4v) is 2.68. The third-order valence-corrected chi connectivity index (χ3v) is 4.24. The summed E-state index contributed by atoms with van der Waals surface area (Å²) in [5.74, 6) is 2.91. The smallest absolute Gasteiger partial charge is 0.239 e. The van der Waals surface area contributed by atoms with Gasteiger partial charge >= 0.3 is 0 Å². The Bertz CT molecular complexity index is 510. The van der Waals surface area contributed by atoms with E-state index in [-0.39, 0.29) is 5.25 Å². The first-order valence-corrected chi connectivity index (χ1v) is 7.30. The normalized spacial score (nSPS) is 12.7. The summed E-state index contributed by atoms with van der Waals surface area (Å²) >= 11 is 3.10. The standard InChI is InChI=1S/C10H15N5OS2/c1-6(9-11-7(2)13-16-9)17-5-8-12-10(15(3)4)18-14-8/h6H,5H2,1-4H3/t6-/m0/s1. The lowest BCUT2D eigenvalue weighted by Gasteiger charge is -2.05.